The van der Waals surface area contributed by atoms with Gasteiger partial charge in [-0.3, -0.25) is 9.10 Å². The van der Waals surface area contributed by atoms with Crippen molar-refractivity contribution in [2.24, 2.45) is 0 Å². The lowest BCUT2D eigenvalue weighted by Gasteiger charge is -2.25. The smallest absolute Gasteiger partial charge is 0.241 e. The van der Waals surface area contributed by atoms with Crippen LogP contribution in [0.4, 0.5) is 5.69 Å². The molecule has 0 bridgehead atoms. The largest absolute Gasteiger partial charge is 0.348 e. The van der Waals surface area contributed by atoms with E-state index in [9.17, 15) is 13.2 Å². The van der Waals surface area contributed by atoms with E-state index < -0.39 is 10.0 Å². The molecule has 0 spiro atoms. The van der Waals surface area contributed by atoms with E-state index in [0.717, 1.165) is 17.4 Å². The Kier molecular flexibility index (Phi) is 7.11. The maximum absolute atomic E-state index is 12.7. The van der Waals surface area contributed by atoms with E-state index >= 15 is 0 Å². The molecule has 0 saturated heterocycles. The Morgan fingerprint density at radius 3 is 2.17 bits per heavy atom. The normalized spacial score (nSPS) is 13.0. The number of para-hydroxylation sites is 1. The van der Waals surface area contributed by atoms with Crippen molar-refractivity contribution in [1.82, 2.24) is 5.32 Å². The molecular weight excluding hydrogens is 384 g/mol. The molecule has 2 rings (SSSR count). The minimum atomic E-state index is -3.60. The third-order valence-corrected chi connectivity index (χ3v) is 6.11. The first kappa shape index (κ1) is 22.9. The molecule has 0 aromatic heterocycles. The zero-order valence-corrected chi connectivity index (χ0v) is 19.0. The van der Waals surface area contributed by atoms with Gasteiger partial charge in [0.2, 0.25) is 15.9 Å². The van der Waals surface area contributed by atoms with Gasteiger partial charge in [-0.15, -0.1) is 0 Å². The number of amides is 1. The van der Waals surface area contributed by atoms with E-state index in [4.69, 9.17) is 0 Å². The zero-order chi connectivity index (χ0) is 21.8. The number of aryl methyl sites for hydroxylation is 1. The van der Waals surface area contributed by atoms with Crippen LogP contribution in [0.2, 0.25) is 0 Å². The van der Waals surface area contributed by atoms with E-state index in [-0.39, 0.29) is 23.9 Å². The highest BCUT2D eigenvalue weighted by Crippen LogP contribution is 2.25. The molecule has 0 aliphatic heterocycles. The molecule has 5 nitrogen and oxygen atoms in total. The van der Waals surface area contributed by atoms with Crippen molar-refractivity contribution in [3.63, 3.8) is 0 Å². The first-order valence-corrected chi connectivity index (χ1v) is 11.7. The van der Waals surface area contributed by atoms with Crippen molar-refractivity contribution < 1.29 is 13.2 Å². The van der Waals surface area contributed by atoms with E-state index in [1.807, 2.05) is 38.1 Å². The third-order valence-electron chi connectivity index (χ3n) is 4.98. The van der Waals surface area contributed by atoms with Crippen molar-refractivity contribution in [3.05, 3.63) is 65.2 Å². The Hall–Kier alpha value is -2.34. The number of hydrogen-bond acceptors (Lipinski definition) is 3. The molecule has 0 heterocycles. The molecule has 0 aliphatic carbocycles. The van der Waals surface area contributed by atoms with Crippen molar-refractivity contribution in [2.75, 3.05) is 17.1 Å². The predicted octanol–water partition coefficient (Wildman–Crippen LogP) is 4.19. The minimum absolute atomic E-state index is 0.0632. The summed E-state index contributed by atoms with van der Waals surface area (Å²) in [5.74, 6) is -0.339. The van der Waals surface area contributed by atoms with Crippen LogP contribution in [0.15, 0.2) is 48.5 Å². The highest BCUT2D eigenvalue weighted by molar-refractivity contribution is 7.92. The number of carbonyl (C=O) groups is 1. The fourth-order valence-corrected chi connectivity index (χ4v) is 4.09. The fourth-order valence-electron chi connectivity index (χ4n) is 3.21. The highest BCUT2D eigenvalue weighted by Gasteiger charge is 2.23. The summed E-state index contributed by atoms with van der Waals surface area (Å²) in [5, 5.41) is 2.92. The van der Waals surface area contributed by atoms with Gasteiger partial charge in [0.1, 0.15) is 6.54 Å². The van der Waals surface area contributed by atoms with Gasteiger partial charge in [-0.2, -0.15) is 0 Å². The van der Waals surface area contributed by atoms with Crippen LogP contribution in [0.1, 0.15) is 57.4 Å². The highest BCUT2D eigenvalue weighted by atomic mass is 32.2. The molecule has 29 heavy (non-hydrogen) atoms. The average Bonchev–Trinajstić information content (AvgIpc) is 2.64. The topological polar surface area (TPSA) is 66.5 Å². The third kappa shape index (κ3) is 6.07. The average molecular weight is 417 g/mol. The first-order valence-electron chi connectivity index (χ1n) is 9.89. The van der Waals surface area contributed by atoms with Crippen LogP contribution in [0, 0.1) is 0 Å². The quantitative estimate of drug-likeness (QED) is 0.736. The minimum Gasteiger partial charge on any atom is -0.348 e. The molecule has 6 heteroatoms. The Morgan fingerprint density at radius 2 is 1.66 bits per heavy atom. The van der Waals surface area contributed by atoms with Crippen molar-refractivity contribution in [2.45, 2.75) is 52.5 Å². The van der Waals surface area contributed by atoms with Crippen molar-refractivity contribution >= 4 is 21.6 Å². The summed E-state index contributed by atoms with van der Waals surface area (Å²) in [4.78, 5) is 12.7. The fraction of sp³-hybridized carbons (Fsp3) is 0.435. The summed E-state index contributed by atoms with van der Waals surface area (Å²) in [6, 6.07) is 15.2. The first-order chi connectivity index (χ1) is 13.4. The van der Waals surface area contributed by atoms with Crippen LogP contribution < -0.4 is 9.62 Å². The molecule has 0 fully saturated rings. The second-order valence-corrected chi connectivity index (χ2v) is 10.3. The van der Waals surface area contributed by atoms with Crippen molar-refractivity contribution in [3.8, 4) is 0 Å². The van der Waals surface area contributed by atoms with E-state index in [1.54, 1.807) is 12.1 Å². The predicted molar refractivity (Wildman–Crippen MR) is 120 cm³/mol. The number of anilines is 1. The molecule has 1 amide bonds. The summed E-state index contributed by atoms with van der Waals surface area (Å²) < 4.78 is 25.9. The lowest BCUT2D eigenvalue weighted by atomic mass is 9.86. The Balaban J connectivity index is 2.16. The number of sulfonamides is 1. The summed E-state index contributed by atoms with van der Waals surface area (Å²) in [6.07, 6.45) is 1.81. The molecule has 2 aromatic rings. The van der Waals surface area contributed by atoms with Gasteiger partial charge < -0.3 is 5.32 Å². The maximum atomic E-state index is 12.7. The van der Waals surface area contributed by atoms with Crippen LogP contribution >= 0.6 is 0 Å². The number of nitrogens with zero attached hydrogens (tertiary/aromatic N) is 1. The van der Waals surface area contributed by atoms with E-state index in [0.29, 0.717) is 12.1 Å². The van der Waals surface area contributed by atoms with Crippen LogP contribution in [-0.2, 0) is 26.7 Å². The molecule has 1 atom stereocenters. The summed E-state index contributed by atoms with van der Waals surface area (Å²) >= 11 is 0. The Labute approximate surface area is 175 Å². The number of rotatable bonds is 7. The van der Waals surface area contributed by atoms with Gasteiger partial charge in [-0.1, -0.05) is 70.2 Å². The molecular formula is C23H32N2O3S. The zero-order valence-electron chi connectivity index (χ0n) is 18.2. The van der Waals surface area contributed by atoms with E-state index in [1.165, 1.54) is 9.87 Å². The summed E-state index contributed by atoms with van der Waals surface area (Å²) in [7, 11) is -3.60. The molecule has 158 valence electrons. The lowest BCUT2D eigenvalue weighted by molar-refractivity contribution is -0.120. The summed E-state index contributed by atoms with van der Waals surface area (Å²) in [5.41, 5.74) is 3.70. The van der Waals surface area contributed by atoms with Gasteiger partial charge >= 0.3 is 0 Å². The van der Waals surface area contributed by atoms with Gasteiger partial charge in [-0.05, 0) is 41.5 Å². The van der Waals surface area contributed by atoms with Crippen LogP contribution in [0.3, 0.4) is 0 Å². The van der Waals surface area contributed by atoms with Gasteiger partial charge in [0.05, 0.1) is 18.0 Å². The van der Waals surface area contributed by atoms with Crippen molar-refractivity contribution in [1.29, 1.82) is 0 Å². The second kappa shape index (κ2) is 8.99. The molecule has 1 N–H and O–H groups in total. The molecule has 0 radical (unpaired) electrons. The number of hydrogen-bond donors (Lipinski definition) is 1. The standard InChI is InChI=1S/C23H32N2O3S/c1-7-18-10-8-9-11-21(18)25(29(6,27)28)16-22(26)24-17(2)19-12-14-20(15-13-19)23(3,4)5/h8-15,17H,7,16H2,1-6H3,(H,24,26)/t17-/m0/s1. The SMILES string of the molecule is CCc1ccccc1N(CC(=O)N[C@@H](C)c1ccc(C(C)(C)C)cc1)S(C)(=O)=O. The maximum Gasteiger partial charge on any atom is 0.241 e. The Bertz CT molecular complexity index is 945. The molecule has 0 saturated carbocycles. The number of benzene rings is 2. The summed E-state index contributed by atoms with van der Waals surface area (Å²) in [6.45, 7) is 10.1. The Morgan fingerprint density at radius 1 is 1.07 bits per heavy atom. The van der Waals surface area contributed by atoms with Gasteiger partial charge in [0.25, 0.3) is 0 Å². The van der Waals surface area contributed by atoms with E-state index in [2.05, 4.69) is 38.2 Å². The van der Waals surface area contributed by atoms with Gasteiger partial charge in [0, 0.05) is 0 Å². The van der Waals surface area contributed by atoms with Gasteiger partial charge in [-0.25, -0.2) is 8.42 Å². The molecule has 0 aliphatic rings. The van der Waals surface area contributed by atoms with Crippen LogP contribution in [0.5, 0.6) is 0 Å². The van der Waals surface area contributed by atoms with Crippen LogP contribution in [-0.4, -0.2) is 27.1 Å². The number of carbonyl (C=O) groups excluding carboxylic acids is 1. The van der Waals surface area contributed by atoms with Crippen LogP contribution in [0.25, 0.3) is 0 Å². The number of nitrogens with one attached hydrogen (secondary N) is 1. The lowest BCUT2D eigenvalue weighted by Crippen LogP contribution is -2.41. The second-order valence-electron chi connectivity index (χ2n) is 8.41. The molecule has 2 aromatic carbocycles. The van der Waals surface area contributed by atoms with Gasteiger partial charge in [0.15, 0.2) is 0 Å². The molecule has 0 unspecified atom stereocenters. The monoisotopic (exact) mass is 416 g/mol.